The highest BCUT2D eigenvalue weighted by Gasteiger charge is 2.26. The zero-order valence-electron chi connectivity index (χ0n) is 10.2. The minimum atomic E-state index is 0.504. The lowest BCUT2D eigenvalue weighted by Crippen LogP contribution is -2.43. The molecule has 0 radical (unpaired) electrons. The van der Waals surface area contributed by atoms with E-state index >= 15 is 0 Å². The molecule has 0 spiro atoms. The van der Waals surface area contributed by atoms with Gasteiger partial charge in [-0.25, -0.2) is 0 Å². The van der Waals surface area contributed by atoms with E-state index in [9.17, 15) is 0 Å². The maximum Gasteiger partial charge on any atom is 0.0727 e. The number of nitrogens with zero attached hydrogens (tertiary/aromatic N) is 1. The van der Waals surface area contributed by atoms with Gasteiger partial charge in [-0.15, -0.1) is 0 Å². The molecule has 0 aliphatic carbocycles. The van der Waals surface area contributed by atoms with Crippen LogP contribution in [0.2, 0.25) is 0 Å². The van der Waals surface area contributed by atoms with Gasteiger partial charge in [-0.2, -0.15) is 0 Å². The molecule has 2 aliphatic rings. The monoisotopic (exact) mass is 211 g/mol. The Morgan fingerprint density at radius 2 is 2.07 bits per heavy atom. The Balaban J connectivity index is 1.79. The molecule has 2 saturated heterocycles. The molecule has 2 heterocycles. The van der Waals surface area contributed by atoms with Crippen LogP contribution in [0.3, 0.4) is 0 Å². The molecule has 0 bridgehead atoms. The Kier molecular flexibility index (Phi) is 4.04. The quantitative estimate of drug-likeness (QED) is 0.696. The Hall–Kier alpha value is -0.0800. The minimum Gasteiger partial charge on any atom is -0.377 e. The number of ether oxygens (including phenoxy) is 1. The van der Waals surface area contributed by atoms with Crippen LogP contribution in [0, 0.1) is 11.8 Å². The number of piperidine rings is 1. The average molecular weight is 211 g/mol. The molecule has 3 unspecified atom stereocenters. The van der Waals surface area contributed by atoms with Crippen LogP contribution in [0.25, 0.3) is 0 Å². The molecule has 15 heavy (non-hydrogen) atoms. The standard InChI is InChI=1S/C13H25NO/c1-11-5-3-7-14(9-11)10-13-12(2)6-4-8-15-13/h11-13H,3-10H2,1-2H3. The van der Waals surface area contributed by atoms with Gasteiger partial charge in [0.05, 0.1) is 6.10 Å². The first-order chi connectivity index (χ1) is 7.25. The molecule has 2 heteroatoms. The zero-order valence-corrected chi connectivity index (χ0v) is 10.2. The van der Waals surface area contributed by atoms with Gasteiger partial charge < -0.3 is 9.64 Å². The van der Waals surface area contributed by atoms with E-state index in [0.717, 1.165) is 18.4 Å². The molecule has 3 atom stereocenters. The third kappa shape index (κ3) is 3.18. The summed E-state index contributed by atoms with van der Waals surface area (Å²) >= 11 is 0. The van der Waals surface area contributed by atoms with Crippen molar-refractivity contribution in [3.63, 3.8) is 0 Å². The van der Waals surface area contributed by atoms with E-state index in [1.807, 2.05) is 0 Å². The van der Waals surface area contributed by atoms with Crippen LogP contribution in [0.1, 0.15) is 39.5 Å². The van der Waals surface area contributed by atoms with Gasteiger partial charge in [0, 0.05) is 19.7 Å². The van der Waals surface area contributed by atoms with E-state index in [1.165, 1.54) is 45.3 Å². The largest absolute Gasteiger partial charge is 0.377 e. The highest BCUT2D eigenvalue weighted by Crippen LogP contribution is 2.23. The van der Waals surface area contributed by atoms with Crippen molar-refractivity contribution >= 4 is 0 Å². The summed E-state index contributed by atoms with van der Waals surface area (Å²) in [6, 6.07) is 0. The van der Waals surface area contributed by atoms with E-state index < -0.39 is 0 Å². The summed E-state index contributed by atoms with van der Waals surface area (Å²) in [7, 11) is 0. The van der Waals surface area contributed by atoms with Crippen molar-refractivity contribution in [2.24, 2.45) is 11.8 Å². The van der Waals surface area contributed by atoms with Crippen LogP contribution in [-0.4, -0.2) is 37.2 Å². The fourth-order valence-electron chi connectivity index (χ4n) is 2.93. The van der Waals surface area contributed by atoms with Crippen LogP contribution in [0.15, 0.2) is 0 Å². The predicted molar refractivity (Wildman–Crippen MR) is 63.0 cm³/mol. The first-order valence-electron chi connectivity index (χ1n) is 6.59. The summed E-state index contributed by atoms with van der Waals surface area (Å²) in [5.74, 6) is 1.65. The minimum absolute atomic E-state index is 0.504. The number of likely N-dealkylation sites (tertiary alicyclic amines) is 1. The van der Waals surface area contributed by atoms with Gasteiger partial charge in [-0.3, -0.25) is 0 Å². The highest BCUT2D eigenvalue weighted by molar-refractivity contribution is 4.78. The van der Waals surface area contributed by atoms with Crippen molar-refractivity contribution in [2.75, 3.05) is 26.2 Å². The fraction of sp³-hybridized carbons (Fsp3) is 1.00. The van der Waals surface area contributed by atoms with Crippen molar-refractivity contribution in [1.29, 1.82) is 0 Å². The second kappa shape index (κ2) is 5.31. The van der Waals surface area contributed by atoms with Crippen LogP contribution < -0.4 is 0 Å². The first kappa shape index (κ1) is 11.4. The molecule has 2 fully saturated rings. The van der Waals surface area contributed by atoms with Gasteiger partial charge in [0.2, 0.25) is 0 Å². The molecule has 2 rings (SSSR count). The third-order valence-corrected chi connectivity index (χ3v) is 3.95. The fourth-order valence-corrected chi connectivity index (χ4v) is 2.93. The molecule has 2 nitrogen and oxygen atoms in total. The molecule has 2 aliphatic heterocycles. The molecule has 0 aromatic rings. The van der Waals surface area contributed by atoms with Crippen LogP contribution in [0.5, 0.6) is 0 Å². The number of hydrogen-bond acceptors (Lipinski definition) is 2. The maximum atomic E-state index is 5.89. The lowest BCUT2D eigenvalue weighted by atomic mass is 9.94. The Morgan fingerprint density at radius 3 is 2.80 bits per heavy atom. The number of hydrogen-bond donors (Lipinski definition) is 0. The third-order valence-electron chi connectivity index (χ3n) is 3.95. The van der Waals surface area contributed by atoms with Gasteiger partial charge in [0.15, 0.2) is 0 Å². The second-order valence-corrected chi connectivity index (χ2v) is 5.54. The van der Waals surface area contributed by atoms with Crippen molar-refractivity contribution < 1.29 is 4.74 Å². The summed E-state index contributed by atoms with van der Waals surface area (Å²) in [6.45, 7) is 9.45. The lowest BCUT2D eigenvalue weighted by Gasteiger charge is -2.37. The highest BCUT2D eigenvalue weighted by atomic mass is 16.5. The van der Waals surface area contributed by atoms with Crippen molar-refractivity contribution in [3.05, 3.63) is 0 Å². The SMILES string of the molecule is CC1CCCN(CC2OCCCC2C)C1. The Bertz CT molecular complexity index is 195. The number of rotatable bonds is 2. The maximum absolute atomic E-state index is 5.89. The molecule has 0 N–H and O–H groups in total. The summed E-state index contributed by atoms with van der Waals surface area (Å²) < 4.78 is 5.89. The van der Waals surface area contributed by atoms with Gasteiger partial charge in [0.25, 0.3) is 0 Å². The van der Waals surface area contributed by atoms with Crippen LogP contribution in [-0.2, 0) is 4.74 Å². The first-order valence-corrected chi connectivity index (χ1v) is 6.59. The average Bonchev–Trinajstić information content (AvgIpc) is 2.22. The molecule has 88 valence electrons. The van der Waals surface area contributed by atoms with Gasteiger partial charge in [-0.1, -0.05) is 13.8 Å². The Morgan fingerprint density at radius 1 is 1.20 bits per heavy atom. The van der Waals surface area contributed by atoms with E-state index in [4.69, 9.17) is 4.74 Å². The van der Waals surface area contributed by atoms with Gasteiger partial charge in [-0.05, 0) is 44.1 Å². The summed E-state index contributed by atoms with van der Waals surface area (Å²) in [6.07, 6.45) is 5.91. The molecule has 0 aromatic heterocycles. The lowest BCUT2D eigenvalue weighted by molar-refractivity contribution is -0.0432. The second-order valence-electron chi connectivity index (χ2n) is 5.54. The summed E-state index contributed by atoms with van der Waals surface area (Å²) in [5.41, 5.74) is 0. The van der Waals surface area contributed by atoms with Gasteiger partial charge >= 0.3 is 0 Å². The van der Waals surface area contributed by atoms with E-state index in [-0.39, 0.29) is 0 Å². The summed E-state index contributed by atoms with van der Waals surface area (Å²) in [5, 5.41) is 0. The molecule has 0 amide bonds. The van der Waals surface area contributed by atoms with E-state index in [2.05, 4.69) is 18.7 Å². The van der Waals surface area contributed by atoms with Gasteiger partial charge in [0.1, 0.15) is 0 Å². The van der Waals surface area contributed by atoms with Crippen molar-refractivity contribution in [2.45, 2.75) is 45.6 Å². The van der Waals surface area contributed by atoms with Crippen molar-refractivity contribution in [1.82, 2.24) is 4.90 Å². The zero-order chi connectivity index (χ0) is 10.7. The molecule has 0 aromatic carbocycles. The van der Waals surface area contributed by atoms with Crippen LogP contribution >= 0.6 is 0 Å². The van der Waals surface area contributed by atoms with Crippen molar-refractivity contribution in [3.8, 4) is 0 Å². The molecular weight excluding hydrogens is 186 g/mol. The smallest absolute Gasteiger partial charge is 0.0727 e. The molecule has 0 saturated carbocycles. The normalized spacial score (nSPS) is 39.2. The van der Waals surface area contributed by atoms with Crippen LogP contribution in [0.4, 0.5) is 0 Å². The predicted octanol–water partition coefficient (Wildman–Crippen LogP) is 2.53. The van der Waals surface area contributed by atoms with E-state index in [0.29, 0.717) is 6.10 Å². The van der Waals surface area contributed by atoms with E-state index in [1.54, 1.807) is 0 Å². The topological polar surface area (TPSA) is 12.5 Å². The Labute approximate surface area is 94.0 Å². The molecular formula is C13H25NO. The summed E-state index contributed by atoms with van der Waals surface area (Å²) in [4.78, 5) is 2.61.